The van der Waals surface area contributed by atoms with Gasteiger partial charge in [-0.25, -0.2) is 0 Å². The Hall–Kier alpha value is -1.48. The predicted octanol–water partition coefficient (Wildman–Crippen LogP) is 3.21. The first-order valence-corrected chi connectivity index (χ1v) is 5.61. The van der Waals surface area contributed by atoms with Crippen LogP contribution in [-0.4, -0.2) is 23.9 Å². The molecule has 1 aromatic rings. The summed E-state index contributed by atoms with van der Waals surface area (Å²) < 4.78 is 80.2. The smallest absolute Gasteiger partial charge is 0.367 e. The van der Waals surface area contributed by atoms with Gasteiger partial charge in [-0.3, -0.25) is 4.79 Å². The van der Waals surface area contributed by atoms with E-state index in [1.165, 1.54) is 12.1 Å². The van der Waals surface area contributed by atoms with Crippen LogP contribution in [0.4, 0.5) is 26.3 Å². The lowest BCUT2D eigenvalue weighted by Crippen LogP contribution is -2.66. The number of halogens is 7. The van der Waals surface area contributed by atoms with Crippen molar-refractivity contribution in [3.63, 3.8) is 0 Å². The molecule has 2 N–H and O–H groups in total. The van der Waals surface area contributed by atoms with Gasteiger partial charge in [-0.1, -0.05) is 23.7 Å². The molecule has 0 unspecified atom stereocenters. The van der Waals surface area contributed by atoms with Crippen molar-refractivity contribution in [3.05, 3.63) is 34.9 Å². The van der Waals surface area contributed by atoms with Crippen LogP contribution in [0, 0.1) is 0 Å². The lowest BCUT2D eigenvalue weighted by Gasteiger charge is -2.34. The molecule has 1 amide bonds. The van der Waals surface area contributed by atoms with E-state index < -0.39 is 30.5 Å². The third kappa shape index (κ3) is 3.41. The lowest BCUT2D eigenvalue weighted by molar-refractivity contribution is -0.364. The second-order valence-electron chi connectivity index (χ2n) is 3.96. The minimum Gasteiger partial charge on any atom is -0.367 e. The average Bonchev–Trinajstić information content (AvgIpc) is 2.28. The highest BCUT2D eigenvalue weighted by molar-refractivity contribution is 6.30. The first-order chi connectivity index (χ1) is 9.42. The number of nitrogens with two attached hydrogens (primary N) is 1. The van der Waals surface area contributed by atoms with Gasteiger partial charge in [0.2, 0.25) is 0 Å². The van der Waals surface area contributed by atoms with Crippen molar-refractivity contribution in [2.24, 2.45) is 5.73 Å². The number of primary amides is 1. The third-order valence-corrected chi connectivity index (χ3v) is 2.77. The number of benzene rings is 1. The molecule has 0 saturated carbocycles. The van der Waals surface area contributed by atoms with Gasteiger partial charge in [0.05, 0.1) is 6.61 Å². The molecule has 0 aromatic heterocycles. The van der Waals surface area contributed by atoms with Crippen molar-refractivity contribution in [1.82, 2.24) is 0 Å². The minimum absolute atomic E-state index is 0.0430. The van der Waals surface area contributed by atoms with Gasteiger partial charge < -0.3 is 10.5 Å². The number of carbonyl (C=O) groups is 1. The molecule has 1 rings (SSSR count). The fraction of sp³-hybridized carbons (Fsp3) is 0.364. The minimum atomic E-state index is -6.05. The summed E-state index contributed by atoms with van der Waals surface area (Å²) in [7, 11) is 0. The molecule has 1 aromatic carbocycles. The standard InChI is InChI=1S/C11H8ClF6NO2/c12-7-3-1-6(2-4-7)5-21-9(8(19)20,10(13,14)15)11(16,17)18/h1-4H,5H2,(H2,19,20). The van der Waals surface area contributed by atoms with Crippen molar-refractivity contribution < 1.29 is 35.9 Å². The number of alkyl halides is 6. The molecule has 21 heavy (non-hydrogen) atoms. The van der Waals surface area contributed by atoms with E-state index in [0.29, 0.717) is 0 Å². The number of rotatable bonds is 4. The molecule has 0 heterocycles. The summed E-state index contributed by atoms with van der Waals surface area (Å²) in [5.74, 6) is -2.68. The largest absolute Gasteiger partial charge is 0.435 e. The van der Waals surface area contributed by atoms with E-state index in [9.17, 15) is 31.1 Å². The molecule has 3 nitrogen and oxygen atoms in total. The van der Waals surface area contributed by atoms with Gasteiger partial charge in [-0.05, 0) is 17.7 Å². The van der Waals surface area contributed by atoms with E-state index in [0.717, 1.165) is 12.1 Å². The van der Waals surface area contributed by atoms with Crippen LogP contribution in [0.3, 0.4) is 0 Å². The van der Waals surface area contributed by atoms with Crippen LogP contribution in [0.5, 0.6) is 0 Å². The number of amides is 1. The number of hydrogen-bond acceptors (Lipinski definition) is 2. The van der Waals surface area contributed by atoms with Gasteiger partial charge >= 0.3 is 18.0 Å². The fourth-order valence-corrected chi connectivity index (χ4v) is 1.57. The highest BCUT2D eigenvalue weighted by Crippen LogP contribution is 2.46. The van der Waals surface area contributed by atoms with Crippen molar-refractivity contribution in [2.45, 2.75) is 24.6 Å². The first kappa shape index (κ1) is 17.6. The SMILES string of the molecule is NC(=O)C(OCc1ccc(Cl)cc1)(C(F)(F)F)C(F)(F)F. The van der Waals surface area contributed by atoms with Crippen LogP contribution in [0.25, 0.3) is 0 Å². The first-order valence-electron chi connectivity index (χ1n) is 5.23. The van der Waals surface area contributed by atoms with E-state index in [4.69, 9.17) is 11.6 Å². The third-order valence-electron chi connectivity index (χ3n) is 2.51. The zero-order chi connectivity index (χ0) is 16.5. The number of carbonyl (C=O) groups excluding carboxylic acids is 1. The molecule has 0 fully saturated rings. The van der Waals surface area contributed by atoms with Crippen LogP contribution in [-0.2, 0) is 16.1 Å². The Bertz CT molecular complexity index is 497. The topological polar surface area (TPSA) is 52.3 Å². The summed E-state index contributed by atoms with van der Waals surface area (Å²) >= 11 is 5.52. The molecule has 118 valence electrons. The molecule has 0 bridgehead atoms. The Labute approximate surface area is 119 Å². The monoisotopic (exact) mass is 335 g/mol. The van der Waals surface area contributed by atoms with E-state index in [-0.39, 0.29) is 10.6 Å². The van der Waals surface area contributed by atoms with Crippen LogP contribution in [0.15, 0.2) is 24.3 Å². The van der Waals surface area contributed by atoms with Crippen LogP contribution < -0.4 is 5.73 Å². The van der Waals surface area contributed by atoms with Gasteiger partial charge in [-0.2, -0.15) is 26.3 Å². The van der Waals surface area contributed by atoms with Gasteiger partial charge in [0.25, 0.3) is 5.91 Å². The maximum absolute atomic E-state index is 12.7. The molecule has 0 saturated heterocycles. The van der Waals surface area contributed by atoms with Crippen LogP contribution in [0.2, 0.25) is 5.02 Å². The van der Waals surface area contributed by atoms with E-state index >= 15 is 0 Å². The second kappa shape index (κ2) is 5.72. The summed E-state index contributed by atoms with van der Waals surface area (Å²) in [6.07, 6.45) is -12.1. The quantitative estimate of drug-likeness (QED) is 0.859. The van der Waals surface area contributed by atoms with E-state index in [1.54, 1.807) is 0 Å². The predicted molar refractivity (Wildman–Crippen MR) is 60.3 cm³/mol. The number of ether oxygens (including phenoxy) is 1. The van der Waals surface area contributed by atoms with Gasteiger partial charge in [-0.15, -0.1) is 0 Å². The molecular formula is C11H8ClF6NO2. The van der Waals surface area contributed by atoms with Crippen molar-refractivity contribution in [2.75, 3.05) is 0 Å². The van der Waals surface area contributed by atoms with Gasteiger partial charge in [0.1, 0.15) is 0 Å². The fourth-order valence-electron chi connectivity index (χ4n) is 1.45. The summed E-state index contributed by atoms with van der Waals surface area (Å²) in [4.78, 5) is 10.8. The zero-order valence-corrected chi connectivity index (χ0v) is 10.8. The summed E-state index contributed by atoms with van der Waals surface area (Å²) in [6, 6.07) is 4.79. The molecule has 0 radical (unpaired) electrons. The van der Waals surface area contributed by atoms with Crippen LogP contribution in [0.1, 0.15) is 5.56 Å². The molecular weight excluding hydrogens is 328 g/mol. The van der Waals surface area contributed by atoms with Crippen molar-refractivity contribution in [3.8, 4) is 0 Å². The highest BCUT2D eigenvalue weighted by atomic mass is 35.5. The average molecular weight is 336 g/mol. The summed E-state index contributed by atoms with van der Waals surface area (Å²) in [5.41, 5.74) is -0.806. The Morgan fingerprint density at radius 1 is 1.05 bits per heavy atom. The lowest BCUT2D eigenvalue weighted by atomic mass is 10.0. The Balaban J connectivity index is 3.14. The number of hydrogen-bond donors (Lipinski definition) is 1. The second-order valence-corrected chi connectivity index (χ2v) is 4.39. The van der Waals surface area contributed by atoms with E-state index in [1.807, 2.05) is 0 Å². The molecule has 0 aliphatic carbocycles. The molecule has 0 atom stereocenters. The maximum atomic E-state index is 12.7. The van der Waals surface area contributed by atoms with Crippen molar-refractivity contribution >= 4 is 17.5 Å². The molecule has 0 aliphatic heterocycles. The van der Waals surface area contributed by atoms with Crippen LogP contribution >= 0.6 is 11.6 Å². The Morgan fingerprint density at radius 2 is 1.48 bits per heavy atom. The van der Waals surface area contributed by atoms with E-state index in [2.05, 4.69) is 10.5 Å². The van der Waals surface area contributed by atoms with Gasteiger partial charge in [0, 0.05) is 5.02 Å². The molecule has 0 spiro atoms. The van der Waals surface area contributed by atoms with Crippen molar-refractivity contribution in [1.29, 1.82) is 0 Å². The molecule has 0 aliphatic rings. The molecule has 10 heteroatoms. The zero-order valence-electron chi connectivity index (χ0n) is 10.1. The maximum Gasteiger partial charge on any atom is 0.435 e. The highest BCUT2D eigenvalue weighted by Gasteiger charge is 2.76. The Morgan fingerprint density at radius 3 is 1.81 bits per heavy atom. The Kier molecular flexibility index (Phi) is 4.79. The summed E-state index contributed by atoms with van der Waals surface area (Å²) in [5, 5.41) is 0.228. The van der Waals surface area contributed by atoms with Gasteiger partial charge in [0.15, 0.2) is 0 Å². The normalized spacial score (nSPS) is 13.3. The summed E-state index contributed by atoms with van der Waals surface area (Å²) in [6.45, 7) is -1.13.